The highest BCUT2D eigenvalue weighted by Crippen LogP contribution is 2.28. The number of pyridine rings is 2. The van der Waals surface area contributed by atoms with Crippen molar-refractivity contribution in [2.24, 2.45) is 0 Å². The third kappa shape index (κ3) is 4.46. The first kappa shape index (κ1) is 21.1. The van der Waals surface area contributed by atoms with Crippen LogP contribution in [0, 0.1) is 0 Å². The molecule has 0 saturated carbocycles. The van der Waals surface area contributed by atoms with Crippen LogP contribution in [0.1, 0.15) is 11.1 Å². The van der Waals surface area contributed by atoms with Gasteiger partial charge in [0.25, 0.3) is 5.56 Å². The van der Waals surface area contributed by atoms with Crippen LogP contribution in [0.4, 0.5) is 5.69 Å². The molecule has 7 heteroatoms. The van der Waals surface area contributed by atoms with E-state index >= 15 is 0 Å². The van der Waals surface area contributed by atoms with Gasteiger partial charge in [-0.05, 0) is 47.5 Å². The first-order chi connectivity index (χ1) is 15.6. The zero-order chi connectivity index (χ0) is 22.5. The Balaban J connectivity index is 1.56. The fraction of sp³-hybridized carbons (Fsp3) is 0.160. The molecule has 162 valence electrons. The molecular weight excluding hydrogens is 406 g/mol. The van der Waals surface area contributed by atoms with E-state index in [1.807, 2.05) is 24.3 Å². The van der Waals surface area contributed by atoms with Crippen molar-refractivity contribution >= 4 is 22.4 Å². The zero-order valence-electron chi connectivity index (χ0n) is 17.9. The number of hydrogen-bond donors (Lipinski definition) is 1. The molecule has 2 aromatic carbocycles. The maximum absolute atomic E-state index is 13.0. The molecule has 4 rings (SSSR count). The highest BCUT2D eigenvalue weighted by molar-refractivity contribution is 6.02. The minimum absolute atomic E-state index is 0.123. The quantitative estimate of drug-likeness (QED) is 0.485. The lowest BCUT2D eigenvalue weighted by Gasteiger charge is -2.12. The van der Waals surface area contributed by atoms with Gasteiger partial charge in [0.15, 0.2) is 11.5 Å². The van der Waals surface area contributed by atoms with E-state index in [0.717, 1.165) is 11.1 Å². The fourth-order valence-electron chi connectivity index (χ4n) is 3.61. The Hall–Kier alpha value is -4.13. The SMILES string of the molecule is COc1ccc(CC(=O)Nc2cccc3c(=O)n(Cc4cccnc4)ccc23)cc1OC. The summed E-state index contributed by atoms with van der Waals surface area (Å²) in [6.45, 7) is 0.429. The summed E-state index contributed by atoms with van der Waals surface area (Å²) in [6, 6.07) is 16.3. The zero-order valence-corrected chi connectivity index (χ0v) is 17.9. The average Bonchev–Trinajstić information content (AvgIpc) is 2.81. The van der Waals surface area contributed by atoms with Crippen molar-refractivity contribution in [3.05, 3.63) is 94.7 Å². The van der Waals surface area contributed by atoms with Gasteiger partial charge in [0.2, 0.25) is 5.91 Å². The Morgan fingerprint density at radius 3 is 2.56 bits per heavy atom. The summed E-state index contributed by atoms with van der Waals surface area (Å²) in [7, 11) is 3.12. The lowest BCUT2D eigenvalue weighted by molar-refractivity contribution is -0.115. The molecule has 0 atom stereocenters. The second kappa shape index (κ2) is 9.34. The summed E-state index contributed by atoms with van der Waals surface area (Å²) < 4.78 is 12.2. The van der Waals surface area contributed by atoms with E-state index < -0.39 is 0 Å². The van der Waals surface area contributed by atoms with E-state index in [4.69, 9.17) is 9.47 Å². The van der Waals surface area contributed by atoms with E-state index in [0.29, 0.717) is 34.5 Å². The second-order valence-corrected chi connectivity index (χ2v) is 7.29. The number of methoxy groups -OCH3 is 2. The lowest BCUT2D eigenvalue weighted by Crippen LogP contribution is -2.21. The van der Waals surface area contributed by atoms with Gasteiger partial charge in [-0.15, -0.1) is 0 Å². The van der Waals surface area contributed by atoms with Crippen LogP contribution in [-0.2, 0) is 17.8 Å². The van der Waals surface area contributed by atoms with Crippen LogP contribution >= 0.6 is 0 Å². The van der Waals surface area contributed by atoms with Crippen LogP contribution in [0.25, 0.3) is 10.8 Å². The molecule has 0 aliphatic heterocycles. The topological polar surface area (TPSA) is 82.5 Å². The van der Waals surface area contributed by atoms with Crippen molar-refractivity contribution in [3.8, 4) is 11.5 Å². The summed E-state index contributed by atoms with van der Waals surface area (Å²) in [5.41, 5.74) is 2.20. The summed E-state index contributed by atoms with van der Waals surface area (Å²) in [5, 5.41) is 4.16. The normalized spacial score (nSPS) is 10.7. The van der Waals surface area contributed by atoms with Crippen LogP contribution in [0.5, 0.6) is 11.5 Å². The van der Waals surface area contributed by atoms with E-state index in [9.17, 15) is 9.59 Å². The molecule has 0 spiro atoms. The standard InChI is InChI=1S/C25H23N3O4/c1-31-22-9-8-17(13-23(22)32-2)14-24(29)27-21-7-3-6-20-19(21)10-12-28(25(20)30)16-18-5-4-11-26-15-18/h3-13,15H,14,16H2,1-2H3,(H,27,29). The van der Waals surface area contributed by atoms with Gasteiger partial charge in [-0.3, -0.25) is 14.6 Å². The predicted octanol–water partition coefficient (Wildman–Crippen LogP) is 3.64. The summed E-state index contributed by atoms with van der Waals surface area (Å²) in [5.74, 6) is 0.981. The van der Waals surface area contributed by atoms with Crippen LogP contribution < -0.4 is 20.3 Å². The number of amides is 1. The van der Waals surface area contributed by atoms with Crippen molar-refractivity contribution in [1.82, 2.24) is 9.55 Å². The van der Waals surface area contributed by atoms with Gasteiger partial charge in [-0.25, -0.2) is 0 Å². The molecule has 1 N–H and O–H groups in total. The largest absolute Gasteiger partial charge is 0.493 e. The number of aromatic nitrogens is 2. The average molecular weight is 429 g/mol. The highest BCUT2D eigenvalue weighted by Gasteiger charge is 2.12. The number of rotatable bonds is 7. The van der Waals surface area contributed by atoms with Crippen molar-refractivity contribution < 1.29 is 14.3 Å². The molecule has 7 nitrogen and oxygen atoms in total. The van der Waals surface area contributed by atoms with E-state index in [-0.39, 0.29) is 17.9 Å². The maximum atomic E-state index is 13.0. The highest BCUT2D eigenvalue weighted by atomic mass is 16.5. The van der Waals surface area contributed by atoms with Gasteiger partial charge in [0.1, 0.15) is 0 Å². The number of ether oxygens (including phenoxy) is 2. The van der Waals surface area contributed by atoms with Crippen molar-refractivity contribution in [1.29, 1.82) is 0 Å². The number of nitrogens with one attached hydrogen (secondary N) is 1. The van der Waals surface area contributed by atoms with E-state index in [1.165, 1.54) is 0 Å². The van der Waals surface area contributed by atoms with Gasteiger partial charge in [-0.2, -0.15) is 0 Å². The molecule has 0 aliphatic rings. The van der Waals surface area contributed by atoms with Gasteiger partial charge in [0.05, 0.1) is 27.2 Å². The molecule has 0 aliphatic carbocycles. The Morgan fingerprint density at radius 2 is 1.81 bits per heavy atom. The Kier molecular flexibility index (Phi) is 6.17. The first-order valence-corrected chi connectivity index (χ1v) is 10.1. The van der Waals surface area contributed by atoms with Crippen LogP contribution in [0.3, 0.4) is 0 Å². The summed E-state index contributed by atoms with van der Waals surface area (Å²) in [4.78, 5) is 29.8. The summed E-state index contributed by atoms with van der Waals surface area (Å²) >= 11 is 0. The number of anilines is 1. The Bertz CT molecular complexity index is 1320. The van der Waals surface area contributed by atoms with Crippen LogP contribution in [0.2, 0.25) is 0 Å². The number of hydrogen-bond acceptors (Lipinski definition) is 5. The second-order valence-electron chi connectivity index (χ2n) is 7.29. The van der Waals surface area contributed by atoms with Gasteiger partial charge >= 0.3 is 0 Å². The minimum atomic E-state index is -0.191. The fourth-order valence-corrected chi connectivity index (χ4v) is 3.61. The van der Waals surface area contributed by atoms with Crippen LogP contribution in [0.15, 0.2) is 78.0 Å². The molecule has 32 heavy (non-hydrogen) atoms. The molecule has 4 aromatic rings. The lowest BCUT2D eigenvalue weighted by atomic mass is 10.1. The maximum Gasteiger partial charge on any atom is 0.258 e. The molecule has 0 bridgehead atoms. The number of fused-ring (bicyclic) bond motifs is 1. The van der Waals surface area contributed by atoms with Gasteiger partial charge in [0, 0.05) is 35.1 Å². The molecule has 0 saturated heterocycles. The number of benzene rings is 2. The molecule has 0 radical (unpaired) electrons. The Labute approximate surface area is 185 Å². The third-order valence-electron chi connectivity index (χ3n) is 5.18. The van der Waals surface area contributed by atoms with E-state index in [1.54, 1.807) is 67.7 Å². The third-order valence-corrected chi connectivity index (χ3v) is 5.18. The monoisotopic (exact) mass is 429 g/mol. The van der Waals surface area contributed by atoms with Crippen LogP contribution in [-0.4, -0.2) is 29.7 Å². The molecule has 1 amide bonds. The van der Waals surface area contributed by atoms with Gasteiger partial charge in [-0.1, -0.05) is 18.2 Å². The summed E-state index contributed by atoms with van der Waals surface area (Å²) in [6.07, 6.45) is 5.33. The predicted molar refractivity (Wildman–Crippen MR) is 123 cm³/mol. The molecule has 2 aromatic heterocycles. The Morgan fingerprint density at radius 1 is 0.969 bits per heavy atom. The number of nitrogens with zero attached hydrogens (tertiary/aromatic N) is 2. The molecular formula is C25H23N3O4. The minimum Gasteiger partial charge on any atom is -0.493 e. The van der Waals surface area contributed by atoms with E-state index in [2.05, 4.69) is 10.3 Å². The number of carbonyl (C=O) groups is 1. The molecule has 2 heterocycles. The molecule has 0 unspecified atom stereocenters. The van der Waals surface area contributed by atoms with Gasteiger partial charge < -0.3 is 19.4 Å². The smallest absolute Gasteiger partial charge is 0.258 e. The van der Waals surface area contributed by atoms with Crippen molar-refractivity contribution in [2.45, 2.75) is 13.0 Å². The van der Waals surface area contributed by atoms with Crippen molar-refractivity contribution in [3.63, 3.8) is 0 Å². The first-order valence-electron chi connectivity index (χ1n) is 10.1. The number of carbonyl (C=O) groups excluding carboxylic acids is 1. The van der Waals surface area contributed by atoms with Crippen molar-refractivity contribution in [2.75, 3.05) is 19.5 Å². The molecule has 0 fully saturated rings.